The number of ether oxygens (including phenoxy) is 1. The number of methoxy groups -OCH3 is 1. The van der Waals surface area contributed by atoms with Gasteiger partial charge in [0.2, 0.25) is 5.96 Å². The number of aliphatic imine (C=N–C) groups is 1. The highest BCUT2D eigenvalue weighted by molar-refractivity contribution is 7.98. The fraction of sp³-hybridized carbons (Fsp3) is 0.909. The van der Waals surface area contributed by atoms with Gasteiger partial charge >= 0.3 is 0 Å². The van der Waals surface area contributed by atoms with Crippen molar-refractivity contribution in [1.29, 1.82) is 0 Å². The SMILES string of the molecule is COCCCN=C(NN)N(C)C(C)CCSC. The Morgan fingerprint density at radius 2 is 2.29 bits per heavy atom. The predicted molar refractivity (Wildman–Crippen MR) is 76.3 cm³/mol. The lowest BCUT2D eigenvalue weighted by molar-refractivity contribution is 0.197. The number of nitrogens with zero attached hydrogens (tertiary/aromatic N) is 2. The van der Waals surface area contributed by atoms with Gasteiger partial charge in [0.15, 0.2) is 0 Å². The summed E-state index contributed by atoms with van der Waals surface area (Å²) in [5.74, 6) is 7.39. The van der Waals surface area contributed by atoms with Crippen molar-refractivity contribution >= 4 is 17.7 Å². The monoisotopic (exact) mass is 262 g/mol. The summed E-state index contributed by atoms with van der Waals surface area (Å²) in [5.41, 5.74) is 2.66. The van der Waals surface area contributed by atoms with Gasteiger partial charge in [-0.15, -0.1) is 0 Å². The normalized spacial score (nSPS) is 13.6. The van der Waals surface area contributed by atoms with E-state index < -0.39 is 0 Å². The van der Waals surface area contributed by atoms with Crippen molar-refractivity contribution in [3.63, 3.8) is 0 Å². The lowest BCUT2D eigenvalue weighted by atomic mass is 10.2. The summed E-state index contributed by atoms with van der Waals surface area (Å²) in [4.78, 5) is 6.51. The number of thioether (sulfide) groups is 1. The van der Waals surface area contributed by atoms with Gasteiger partial charge in [-0.1, -0.05) is 0 Å². The van der Waals surface area contributed by atoms with Crippen LogP contribution in [0.4, 0.5) is 0 Å². The predicted octanol–water partition coefficient (Wildman–Crippen LogP) is 0.916. The molecule has 0 rings (SSSR count). The van der Waals surface area contributed by atoms with E-state index in [1.807, 2.05) is 18.8 Å². The number of hydrogen-bond acceptors (Lipinski definition) is 4. The van der Waals surface area contributed by atoms with Crippen LogP contribution in [-0.4, -0.2) is 56.2 Å². The molecule has 0 amide bonds. The Morgan fingerprint density at radius 3 is 2.82 bits per heavy atom. The van der Waals surface area contributed by atoms with Crippen LogP contribution in [0.2, 0.25) is 0 Å². The lowest BCUT2D eigenvalue weighted by Gasteiger charge is -2.27. The number of hydrazine groups is 1. The third-order valence-electron chi connectivity index (χ3n) is 2.63. The van der Waals surface area contributed by atoms with Crippen molar-refractivity contribution in [2.24, 2.45) is 10.8 Å². The zero-order valence-corrected chi connectivity index (χ0v) is 12.2. The van der Waals surface area contributed by atoms with Crippen LogP contribution in [0.5, 0.6) is 0 Å². The first-order valence-electron chi connectivity index (χ1n) is 5.89. The molecule has 0 aliphatic rings. The van der Waals surface area contributed by atoms with Crippen LogP contribution in [-0.2, 0) is 4.74 Å². The molecule has 0 fully saturated rings. The molecule has 0 radical (unpaired) electrons. The van der Waals surface area contributed by atoms with Crippen LogP contribution >= 0.6 is 11.8 Å². The highest BCUT2D eigenvalue weighted by atomic mass is 32.2. The number of hydrogen-bond donors (Lipinski definition) is 2. The topological polar surface area (TPSA) is 62.9 Å². The van der Waals surface area contributed by atoms with Crippen LogP contribution in [0.15, 0.2) is 4.99 Å². The Kier molecular flexibility index (Phi) is 10.4. The second-order valence-electron chi connectivity index (χ2n) is 3.94. The highest BCUT2D eigenvalue weighted by Crippen LogP contribution is 2.06. The molecule has 0 aromatic heterocycles. The van der Waals surface area contributed by atoms with Gasteiger partial charge in [0.1, 0.15) is 0 Å². The second kappa shape index (κ2) is 10.7. The molecule has 6 heteroatoms. The van der Waals surface area contributed by atoms with E-state index >= 15 is 0 Å². The Balaban J connectivity index is 4.12. The van der Waals surface area contributed by atoms with Crippen LogP contribution in [0.1, 0.15) is 19.8 Å². The molecule has 1 atom stereocenters. The molecule has 5 nitrogen and oxygen atoms in total. The molecule has 3 N–H and O–H groups in total. The molecular weight excluding hydrogens is 236 g/mol. The molecule has 1 unspecified atom stereocenters. The lowest BCUT2D eigenvalue weighted by Crippen LogP contribution is -2.47. The molecule has 0 aromatic rings. The largest absolute Gasteiger partial charge is 0.385 e. The Labute approximate surface area is 109 Å². The first-order valence-corrected chi connectivity index (χ1v) is 7.28. The van der Waals surface area contributed by atoms with Gasteiger partial charge in [0, 0.05) is 33.4 Å². The zero-order chi connectivity index (χ0) is 13.1. The van der Waals surface area contributed by atoms with Gasteiger partial charge in [0.05, 0.1) is 0 Å². The number of guanidine groups is 1. The second-order valence-corrected chi connectivity index (χ2v) is 4.92. The molecule has 0 saturated heterocycles. The Hall–Kier alpha value is -0.460. The number of nitrogens with two attached hydrogens (primary N) is 1. The van der Waals surface area contributed by atoms with Gasteiger partial charge in [-0.2, -0.15) is 11.8 Å². The van der Waals surface area contributed by atoms with Crippen molar-refractivity contribution in [2.75, 3.05) is 39.3 Å². The maximum absolute atomic E-state index is 5.50. The average Bonchev–Trinajstić information content (AvgIpc) is 2.35. The van der Waals surface area contributed by atoms with Crippen LogP contribution in [0, 0.1) is 0 Å². The van der Waals surface area contributed by atoms with Crippen LogP contribution < -0.4 is 11.3 Å². The summed E-state index contributed by atoms with van der Waals surface area (Å²) < 4.78 is 4.98. The Bertz CT molecular complexity index is 214. The van der Waals surface area contributed by atoms with Gasteiger partial charge in [0.25, 0.3) is 0 Å². The van der Waals surface area contributed by atoms with E-state index in [-0.39, 0.29) is 0 Å². The van der Waals surface area contributed by atoms with E-state index in [1.54, 1.807) is 7.11 Å². The number of rotatable bonds is 8. The van der Waals surface area contributed by atoms with E-state index in [2.05, 4.69) is 28.5 Å². The third-order valence-corrected chi connectivity index (χ3v) is 3.28. The highest BCUT2D eigenvalue weighted by Gasteiger charge is 2.12. The van der Waals surface area contributed by atoms with Gasteiger partial charge in [-0.25, -0.2) is 5.84 Å². The molecule has 0 aliphatic carbocycles. The minimum atomic E-state index is 0.430. The quantitative estimate of drug-likeness (QED) is 0.224. The smallest absolute Gasteiger partial charge is 0.208 e. The van der Waals surface area contributed by atoms with Crippen LogP contribution in [0.25, 0.3) is 0 Å². The first kappa shape index (κ1) is 16.5. The van der Waals surface area contributed by atoms with Gasteiger partial charge in [-0.3, -0.25) is 10.4 Å². The van der Waals surface area contributed by atoms with E-state index in [9.17, 15) is 0 Å². The molecular formula is C11H26N4OS. The summed E-state index contributed by atoms with van der Waals surface area (Å²) in [7, 11) is 3.71. The molecule has 0 aromatic carbocycles. The van der Waals surface area contributed by atoms with Crippen molar-refractivity contribution in [2.45, 2.75) is 25.8 Å². The van der Waals surface area contributed by atoms with Crippen molar-refractivity contribution in [3.8, 4) is 0 Å². The van der Waals surface area contributed by atoms with Crippen molar-refractivity contribution < 1.29 is 4.74 Å². The van der Waals surface area contributed by atoms with E-state index in [0.29, 0.717) is 6.04 Å². The van der Waals surface area contributed by atoms with Gasteiger partial charge in [-0.05, 0) is 31.8 Å². The molecule has 0 saturated carbocycles. The van der Waals surface area contributed by atoms with E-state index in [1.165, 1.54) is 0 Å². The molecule has 17 heavy (non-hydrogen) atoms. The minimum absolute atomic E-state index is 0.430. The van der Waals surface area contributed by atoms with Crippen molar-refractivity contribution in [1.82, 2.24) is 10.3 Å². The van der Waals surface area contributed by atoms with E-state index in [0.717, 1.165) is 37.7 Å². The average molecular weight is 262 g/mol. The maximum atomic E-state index is 5.50. The third kappa shape index (κ3) is 7.46. The standard InChI is InChI=1S/C11H26N4OS/c1-10(6-9-17-4)15(2)11(14-12)13-7-5-8-16-3/h10H,5-9,12H2,1-4H3,(H,13,14). The summed E-state index contributed by atoms with van der Waals surface area (Å²) in [6.45, 7) is 3.64. The molecule has 0 heterocycles. The molecule has 102 valence electrons. The maximum Gasteiger partial charge on any atom is 0.208 e. The molecule has 0 bridgehead atoms. The fourth-order valence-electron chi connectivity index (χ4n) is 1.34. The summed E-state index contributed by atoms with van der Waals surface area (Å²) >= 11 is 1.86. The first-order chi connectivity index (χ1) is 8.17. The summed E-state index contributed by atoms with van der Waals surface area (Å²) in [6.07, 6.45) is 4.15. The molecule has 0 spiro atoms. The fourth-order valence-corrected chi connectivity index (χ4v) is 1.92. The zero-order valence-electron chi connectivity index (χ0n) is 11.4. The summed E-state index contributed by atoms with van der Waals surface area (Å²) in [6, 6.07) is 0.430. The van der Waals surface area contributed by atoms with Crippen molar-refractivity contribution in [3.05, 3.63) is 0 Å². The molecule has 0 aliphatic heterocycles. The minimum Gasteiger partial charge on any atom is -0.385 e. The van der Waals surface area contributed by atoms with Gasteiger partial charge < -0.3 is 9.64 Å². The van der Waals surface area contributed by atoms with Crippen LogP contribution in [0.3, 0.4) is 0 Å². The Morgan fingerprint density at radius 1 is 1.59 bits per heavy atom. The summed E-state index contributed by atoms with van der Waals surface area (Å²) in [5, 5.41) is 0. The van der Waals surface area contributed by atoms with E-state index in [4.69, 9.17) is 10.6 Å². The number of nitrogens with one attached hydrogen (secondary N) is 1.